The van der Waals surface area contributed by atoms with Crippen LogP contribution in [0.4, 0.5) is 0 Å². The summed E-state index contributed by atoms with van der Waals surface area (Å²) in [5.41, 5.74) is 0. The van der Waals surface area contributed by atoms with Gasteiger partial charge in [-0.15, -0.1) is 11.3 Å². The van der Waals surface area contributed by atoms with E-state index in [1.807, 2.05) is 5.38 Å². The van der Waals surface area contributed by atoms with E-state index in [9.17, 15) is 4.79 Å². The molecule has 1 heterocycles. The number of methoxy groups -OCH3 is 1. The van der Waals surface area contributed by atoms with Crippen molar-refractivity contribution < 1.29 is 9.53 Å². The van der Waals surface area contributed by atoms with Gasteiger partial charge < -0.3 is 10.1 Å². The van der Waals surface area contributed by atoms with Gasteiger partial charge in [0, 0.05) is 22.8 Å². The number of carbonyl (C=O) groups excluding carboxylic acids is 1. The van der Waals surface area contributed by atoms with E-state index in [-0.39, 0.29) is 11.9 Å². The largest absolute Gasteiger partial charge is 0.496 e. The van der Waals surface area contributed by atoms with Gasteiger partial charge in [0.05, 0.1) is 12.0 Å². The van der Waals surface area contributed by atoms with Crippen molar-refractivity contribution in [2.24, 2.45) is 5.92 Å². The molecule has 0 radical (unpaired) electrons. The van der Waals surface area contributed by atoms with Gasteiger partial charge in [0.15, 0.2) is 0 Å². The molecule has 90 valence electrons. The summed E-state index contributed by atoms with van der Waals surface area (Å²) < 4.78 is 5.04. The summed E-state index contributed by atoms with van der Waals surface area (Å²) in [6, 6.07) is 1.91. The van der Waals surface area contributed by atoms with E-state index < -0.39 is 0 Å². The molecule has 0 aliphatic heterocycles. The van der Waals surface area contributed by atoms with Crippen LogP contribution in [0.25, 0.3) is 0 Å². The first-order chi connectivity index (χ1) is 7.58. The predicted octanol–water partition coefficient (Wildman–Crippen LogP) is 2.91. The van der Waals surface area contributed by atoms with Gasteiger partial charge in [0.1, 0.15) is 5.75 Å². The van der Waals surface area contributed by atoms with E-state index in [4.69, 9.17) is 4.74 Å². The standard InChI is InChI=1S/C11H16BrNO2S/c1-7(2)9(5-12)13-11(14)10-4-8(15-3)6-16-10/h4,6-7,9H,5H2,1-3H3,(H,13,14). The Hall–Kier alpha value is -0.550. The molecule has 0 saturated carbocycles. The molecule has 1 aromatic heterocycles. The lowest BCUT2D eigenvalue weighted by Crippen LogP contribution is -2.39. The quantitative estimate of drug-likeness (QED) is 0.850. The van der Waals surface area contributed by atoms with Crippen molar-refractivity contribution in [2.75, 3.05) is 12.4 Å². The van der Waals surface area contributed by atoms with E-state index in [0.717, 1.165) is 11.1 Å². The highest BCUT2D eigenvalue weighted by molar-refractivity contribution is 9.09. The van der Waals surface area contributed by atoms with Crippen LogP contribution in [0.15, 0.2) is 11.4 Å². The summed E-state index contributed by atoms with van der Waals surface area (Å²) in [6.45, 7) is 4.17. The minimum Gasteiger partial charge on any atom is -0.496 e. The molecule has 1 atom stereocenters. The number of thiophene rings is 1. The van der Waals surface area contributed by atoms with Crippen LogP contribution in [-0.2, 0) is 0 Å². The Morgan fingerprint density at radius 2 is 2.31 bits per heavy atom. The second kappa shape index (κ2) is 6.25. The maximum atomic E-state index is 11.9. The van der Waals surface area contributed by atoms with Gasteiger partial charge in [-0.1, -0.05) is 29.8 Å². The van der Waals surface area contributed by atoms with Crippen LogP contribution in [0, 0.1) is 5.92 Å². The summed E-state index contributed by atoms with van der Waals surface area (Å²) in [7, 11) is 1.60. The third kappa shape index (κ3) is 3.49. The van der Waals surface area contributed by atoms with Crippen LogP contribution in [-0.4, -0.2) is 24.4 Å². The van der Waals surface area contributed by atoms with Crippen molar-refractivity contribution in [3.63, 3.8) is 0 Å². The number of amides is 1. The number of carbonyl (C=O) groups is 1. The van der Waals surface area contributed by atoms with E-state index in [1.165, 1.54) is 11.3 Å². The van der Waals surface area contributed by atoms with Crippen LogP contribution in [0.3, 0.4) is 0 Å². The third-order valence-electron chi connectivity index (χ3n) is 2.32. The van der Waals surface area contributed by atoms with E-state index >= 15 is 0 Å². The lowest BCUT2D eigenvalue weighted by Gasteiger charge is -2.19. The Labute approximate surface area is 108 Å². The average Bonchev–Trinajstić information content (AvgIpc) is 2.73. The molecular weight excluding hydrogens is 290 g/mol. The molecular formula is C11H16BrNO2S. The van der Waals surface area contributed by atoms with Gasteiger partial charge in [0.2, 0.25) is 0 Å². The molecule has 0 aromatic carbocycles. The first-order valence-electron chi connectivity index (χ1n) is 5.07. The zero-order chi connectivity index (χ0) is 12.1. The Morgan fingerprint density at radius 3 is 2.75 bits per heavy atom. The van der Waals surface area contributed by atoms with Crippen molar-refractivity contribution in [1.82, 2.24) is 5.32 Å². The van der Waals surface area contributed by atoms with Crippen LogP contribution in [0.1, 0.15) is 23.5 Å². The van der Waals surface area contributed by atoms with E-state index in [2.05, 4.69) is 35.1 Å². The van der Waals surface area contributed by atoms with E-state index in [0.29, 0.717) is 10.8 Å². The Balaban J connectivity index is 2.64. The lowest BCUT2D eigenvalue weighted by molar-refractivity contribution is 0.0935. The molecule has 0 fully saturated rings. The monoisotopic (exact) mass is 305 g/mol. The van der Waals surface area contributed by atoms with Gasteiger partial charge in [-0.2, -0.15) is 0 Å². The van der Waals surface area contributed by atoms with Crippen molar-refractivity contribution >= 4 is 33.2 Å². The lowest BCUT2D eigenvalue weighted by atomic mass is 10.1. The maximum absolute atomic E-state index is 11.9. The van der Waals surface area contributed by atoms with Crippen LogP contribution >= 0.6 is 27.3 Å². The molecule has 1 unspecified atom stereocenters. The fraction of sp³-hybridized carbons (Fsp3) is 0.545. The molecule has 0 spiro atoms. The van der Waals surface area contributed by atoms with Gasteiger partial charge in [0.25, 0.3) is 5.91 Å². The van der Waals surface area contributed by atoms with Gasteiger partial charge >= 0.3 is 0 Å². The van der Waals surface area contributed by atoms with Gasteiger partial charge in [-0.3, -0.25) is 4.79 Å². The molecule has 0 aliphatic rings. The summed E-state index contributed by atoms with van der Waals surface area (Å²) in [4.78, 5) is 12.6. The average molecular weight is 306 g/mol. The number of halogens is 1. The first-order valence-corrected chi connectivity index (χ1v) is 7.08. The van der Waals surface area contributed by atoms with Crippen molar-refractivity contribution in [3.8, 4) is 5.75 Å². The topological polar surface area (TPSA) is 38.3 Å². The molecule has 3 nitrogen and oxygen atoms in total. The zero-order valence-electron chi connectivity index (χ0n) is 9.62. The van der Waals surface area contributed by atoms with Crippen molar-refractivity contribution in [3.05, 3.63) is 16.3 Å². The molecule has 1 aromatic rings. The predicted molar refractivity (Wildman–Crippen MR) is 70.8 cm³/mol. The molecule has 5 heteroatoms. The Bertz CT molecular complexity index is 352. The number of rotatable bonds is 5. The number of ether oxygens (including phenoxy) is 1. The van der Waals surface area contributed by atoms with Crippen molar-refractivity contribution in [1.29, 1.82) is 0 Å². The first kappa shape index (κ1) is 13.5. The molecule has 0 saturated heterocycles. The summed E-state index contributed by atoms with van der Waals surface area (Å²) >= 11 is 4.79. The van der Waals surface area contributed by atoms with Gasteiger partial charge in [-0.05, 0) is 5.92 Å². The minimum atomic E-state index is -0.0357. The second-order valence-electron chi connectivity index (χ2n) is 3.83. The Morgan fingerprint density at radius 1 is 1.62 bits per heavy atom. The molecule has 0 aliphatic carbocycles. The number of alkyl halides is 1. The molecule has 0 bridgehead atoms. The third-order valence-corrected chi connectivity index (χ3v) is 3.93. The highest BCUT2D eigenvalue weighted by atomic mass is 79.9. The van der Waals surface area contributed by atoms with Crippen LogP contribution in [0.5, 0.6) is 5.75 Å². The number of nitrogens with one attached hydrogen (secondary N) is 1. The smallest absolute Gasteiger partial charge is 0.261 e. The molecule has 1 amide bonds. The summed E-state index contributed by atoms with van der Waals surface area (Å²) in [5.74, 6) is 1.10. The normalized spacial score (nSPS) is 12.6. The summed E-state index contributed by atoms with van der Waals surface area (Å²) in [6.07, 6.45) is 0. The second-order valence-corrected chi connectivity index (χ2v) is 5.39. The minimum absolute atomic E-state index is 0.0357. The highest BCUT2D eigenvalue weighted by Crippen LogP contribution is 2.21. The number of hydrogen-bond acceptors (Lipinski definition) is 3. The zero-order valence-corrected chi connectivity index (χ0v) is 12.0. The number of hydrogen-bond donors (Lipinski definition) is 1. The van der Waals surface area contributed by atoms with Crippen molar-refractivity contribution in [2.45, 2.75) is 19.9 Å². The fourth-order valence-electron chi connectivity index (χ4n) is 1.17. The van der Waals surface area contributed by atoms with Crippen LogP contribution in [0.2, 0.25) is 0 Å². The molecule has 1 rings (SSSR count). The maximum Gasteiger partial charge on any atom is 0.261 e. The summed E-state index contributed by atoms with van der Waals surface area (Å²) in [5, 5.41) is 5.58. The fourth-order valence-corrected chi connectivity index (χ4v) is 2.83. The van der Waals surface area contributed by atoms with E-state index in [1.54, 1.807) is 13.2 Å². The molecule has 16 heavy (non-hydrogen) atoms. The Kier molecular flexibility index (Phi) is 5.28. The molecule has 1 N–H and O–H groups in total. The van der Waals surface area contributed by atoms with Crippen LogP contribution < -0.4 is 10.1 Å². The SMILES string of the molecule is COc1csc(C(=O)NC(CBr)C(C)C)c1. The van der Waals surface area contributed by atoms with Gasteiger partial charge in [-0.25, -0.2) is 0 Å². The highest BCUT2D eigenvalue weighted by Gasteiger charge is 2.17.